The Morgan fingerprint density at radius 2 is 1.83 bits per heavy atom. The Morgan fingerprint density at radius 3 is 2.40 bits per heavy atom. The Morgan fingerprint density at radius 1 is 1.20 bits per heavy atom. The van der Waals surface area contributed by atoms with E-state index in [0.29, 0.717) is 24.9 Å². The first-order valence-corrected chi connectivity index (χ1v) is 12.1. The minimum atomic E-state index is -4.56. The van der Waals surface area contributed by atoms with Crippen LogP contribution in [0.5, 0.6) is 5.75 Å². The molecule has 2 aromatic rings. The molecule has 2 saturated carbocycles. The summed E-state index contributed by atoms with van der Waals surface area (Å²) >= 11 is 0.761. The summed E-state index contributed by atoms with van der Waals surface area (Å²) in [5.74, 6) is -2.34. The largest absolute Gasteiger partial charge is 0.484 e. The van der Waals surface area contributed by atoms with Gasteiger partial charge in [0.2, 0.25) is 0 Å². The number of carbonyl (C=O) groups excluding carboxylic acids is 1. The summed E-state index contributed by atoms with van der Waals surface area (Å²) in [5, 5.41) is 2.53. The molecule has 1 amide bonds. The molecule has 190 valence electrons. The summed E-state index contributed by atoms with van der Waals surface area (Å²) in [6, 6.07) is 1.78. The summed E-state index contributed by atoms with van der Waals surface area (Å²) in [6.45, 7) is 2.67. The van der Waals surface area contributed by atoms with Gasteiger partial charge in [-0.25, -0.2) is 13.8 Å². The van der Waals surface area contributed by atoms with Crippen molar-refractivity contribution in [2.75, 3.05) is 30.4 Å². The molecule has 2 unspecified atom stereocenters. The predicted octanol–water partition coefficient (Wildman–Crippen LogP) is 5.18. The van der Waals surface area contributed by atoms with Crippen LogP contribution in [0.1, 0.15) is 41.6 Å². The molecular weight excluding hydrogens is 493 g/mol. The molecule has 0 spiro atoms. The highest BCUT2D eigenvalue weighted by atomic mass is 32.1. The van der Waals surface area contributed by atoms with Crippen LogP contribution in [-0.4, -0.2) is 49.0 Å². The van der Waals surface area contributed by atoms with E-state index in [2.05, 4.69) is 10.3 Å². The van der Waals surface area contributed by atoms with Crippen LogP contribution in [0.4, 0.5) is 32.8 Å². The summed E-state index contributed by atoms with van der Waals surface area (Å²) in [6.07, 6.45) is -3.50. The highest BCUT2D eigenvalue weighted by Gasteiger charge is 2.47. The molecule has 6 nitrogen and oxygen atoms in total. The molecular formula is C23H24F5N3O3S. The molecule has 3 fully saturated rings. The standard InChI is InChI=1S/C23H24F5N3O3S/c1-22(33-2)9-31(10-22)21-30-18(17(35-21)8-23(26,27)28)20(32)29-13-6-15(24)19(16(25)7-13)34-14-4-11-3-12(11)5-14/h6-7,11-12,14H,3-5,8-10H2,1-2H3,(H,29,32). The predicted molar refractivity (Wildman–Crippen MR) is 119 cm³/mol. The number of benzene rings is 1. The summed E-state index contributed by atoms with van der Waals surface area (Å²) in [4.78, 5) is 18.4. The van der Waals surface area contributed by atoms with Crippen molar-refractivity contribution in [1.82, 2.24) is 4.98 Å². The van der Waals surface area contributed by atoms with Crippen molar-refractivity contribution in [3.8, 4) is 5.75 Å². The van der Waals surface area contributed by atoms with Gasteiger partial charge < -0.3 is 19.7 Å². The number of thiazole rings is 1. The average molecular weight is 518 g/mol. The number of nitrogens with one attached hydrogen (secondary N) is 1. The van der Waals surface area contributed by atoms with Crippen LogP contribution >= 0.6 is 11.3 Å². The van der Waals surface area contributed by atoms with Gasteiger partial charge in [0.15, 0.2) is 22.5 Å². The maximum absolute atomic E-state index is 14.6. The summed E-state index contributed by atoms with van der Waals surface area (Å²) in [7, 11) is 1.54. The number of methoxy groups -OCH3 is 1. The quantitative estimate of drug-likeness (QED) is 0.513. The number of halogens is 5. The van der Waals surface area contributed by atoms with E-state index in [1.165, 1.54) is 7.11 Å². The van der Waals surface area contributed by atoms with Crippen molar-refractivity contribution in [3.05, 3.63) is 34.3 Å². The number of carbonyl (C=O) groups is 1. The van der Waals surface area contributed by atoms with Crippen molar-refractivity contribution in [1.29, 1.82) is 0 Å². The van der Waals surface area contributed by atoms with Crippen molar-refractivity contribution < 1.29 is 36.2 Å². The normalized spacial score (nSPS) is 24.7. The average Bonchev–Trinajstić information content (AvgIpc) is 3.14. The van der Waals surface area contributed by atoms with Gasteiger partial charge in [-0.3, -0.25) is 4.79 Å². The molecule has 1 aromatic heterocycles. The molecule has 0 bridgehead atoms. The number of aromatic nitrogens is 1. The lowest BCUT2D eigenvalue weighted by Gasteiger charge is -2.46. The van der Waals surface area contributed by atoms with Gasteiger partial charge in [0.25, 0.3) is 5.91 Å². The second-order valence-corrected chi connectivity index (χ2v) is 10.8. The van der Waals surface area contributed by atoms with Gasteiger partial charge in [0.1, 0.15) is 5.69 Å². The van der Waals surface area contributed by atoms with E-state index in [-0.39, 0.29) is 21.8 Å². The monoisotopic (exact) mass is 517 g/mol. The SMILES string of the molecule is COC1(C)CN(c2nc(C(=O)Nc3cc(F)c(OC4CC5CC5C4)c(F)c3)c(CC(F)(F)F)s2)C1. The lowest BCUT2D eigenvalue weighted by Crippen LogP contribution is -2.61. The maximum Gasteiger partial charge on any atom is 0.393 e. The molecule has 3 aliphatic rings. The fraction of sp³-hybridized carbons (Fsp3) is 0.565. The molecule has 1 N–H and O–H groups in total. The van der Waals surface area contributed by atoms with E-state index in [1.807, 2.05) is 6.92 Å². The molecule has 12 heteroatoms. The molecule has 2 atom stereocenters. The van der Waals surface area contributed by atoms with Gasteiger partial charge in [-0.05, 0) is 38.0 Å². The van der Waals surface area contributed by atoms with Crippen molar-refractivity contribution in [2.24, 2.45) is 11.8 Å². The van der Waals surface area contributed by atoms with Gasteiger partial charge in [-0.15, -0.1) is 11.3 Å². The van der Waals surface area contributed by atoms with E-state index < -0.39 is 47.2 Å². The van der Waals surface area contributed by atoms with Crippen LogP contribution in [0.15, 0.2) is 12.1 Å². The maximum atomic E-state index is 14.6. The van der Waals surface area contributed by atoms with E-state index >= 15 is 0 Å². The fourth-order valence-electron chi connectivity index (χ4n) is 4.84. The lowest BCUT2D eigenvalue weighted by atomic mass is 9.97. The molecule has 1 saturated heterocycles. The van der Waals surface area contributed by atoms with Crippen molar-refractivity contribution in [3.63, 3.8) is 0 Å². The number of amides is 1. The lowest BCUT2D eigenvalue weighted by molar-refractivity contribution is -0.126. The molecule has 1 aromatic carbocycles. The summed E-state index contributed by atoms with van der Waals surface area (Å²) in [5.41, 5.74) is -1.12. The smallest absolute Gasteiger partial charge is 0.393 e. The highest BCUT2D eigenvalue weighted by Crippen LogP contribution is 2.52. The molecule has 1 aliphatic heterocycles. The minimum Gasteiger partial charge on any atom is -0.484 e. The number of anilines is 2. The zero-order valence-corrected chi connectivity index (χ0v) is 19.9. The Balaban J connectivity index is 1.32. The number of nitrogens with zero attached hydrogens (tertiary/aromatic N) is 2. The molecule has 35 heavy (non-hydrogen) atoms. The number of hydrogen-bond acceptors (Lipinski definition) is 6. The second-order valence-electron chi connectivity index (χ2n) is 9.76. The minimum absolute atomic E-state index is 0.241. The van der Waals surface area contributed by atoms with Crippen LogP contribution in [0, 0.1) is 23.5 Å². The van der Waals surface area contributed by atoms with Gasteiger partial charge in [0.05, 0.1) is 31.2 Å². The van der Waals surface area contributed by atoms with Gasteiger partial charge >= 0.3 is 6.18 Å². The number of hydrogen-bond donors (Lipinski definition) is 1. The van der Waals surface area contributed by atoms with E-state index in [4.69, 9.17) is 9.47 Å². The molecule has 5 rings (SSSR count). The van der Waals surface area contributed by atoms with Gasteiger partial charge in [-0.1, -0.05) is 0 Å². The van der Waals surface area contributed by atoms with Crippen LogP contribution < -0.4 is 15.0 Å². The van der Waals surface area contributed by atoms with Crippen molar-refractivity contribution >= 4 is 28.1 Å². The molecule has 2 aliphatic carbocycles. The number of fused-ring (bicyclic) bond motifs is 1. The Bertz CT molecular complexity index is 1110. The van der Waals surface area contributed by atoms with Crippen LogP contribution in [0.25, 0.3) is 0 Å². The first kappa shape index (κ1) is 24.2. The topological polar surface area (TPSA) is 63.7 Å². The van der Waals surface area contributed by atoms with Gasteiger partial charge in [-0.2, -0.15) is 13.2 Å². The van der Waals surface area contributed by atoms with E-state index in [0.717, 1.165) is 42.7 Å². The van der Waals surface area contributed by atoms with Gasteiger partial charge in [0, 0.05) is 29.8 Å². The third kappa shape index (κ3) is 5.09. The number of ether oxygens (including phenoxy) is 2. The fourth-order valence-corrected chi connectivity index (χ4v) is 5.92. The molecule has 0 radical (unpaired) electrons. The first-order chi connectivity index (χ1) is 16.4. The first-order valence-electron chi connectivity index (χ1n) is 11.3. The van der Waals surface area contributed by atoms with E-state index in [1.54, 1.807) is 4.90 Å². The third-order valence-electron chi connectivity index (χ3n) is 6.82. The van der Waals surface area contributed by atoms with Crippen LogP contribution in [0.3, 0.4) is 0 Å². The van der Waals surface area contributed by atoms with Crippen LogP contribution in [-0.2, 0) is 11.2 Å². The third-order valence-corrected chi connectivity index (χ3v) is 7.93. The second kappa shape index (κ2) is 8.58. The molecule has 2 heterocycles. The zero-order valence-electron chi connectivity index (χ0n) is 19.0. The number of alkyl halides is 3. The zero-order chi connectivity index (χ0) is 25.1. The Hall–Kier alpha value is -2.47. The van der Waals surface area contributed by atoms with Crippen molar-refractivity contribution in [2.45, 2.75) is 50.5 Å². The Labute approximate surface area is 202 Å². The summed E-state index contributed by atoms with van der Waals surface area (Å²) < 4.78 is 79.5. The van der Waals surface area contributed by atoms with E-state index in [9.17, 15) is 26.7 Å². The Kier molecular flexibility index (Phi) is 5.94. The van der Waals surface area contributed by atoms with Crippen LogP contribution in [0.2, 0.25) is 0 Å². The number of rotatable bonds is 7. The highest BCUT2D eigenvalue weighted by molar-refractivity contribution is 7.16.